The van der Waals surface area contributed by atoms with Crippen LogP contribution in [0.5, 0.6) is 0 Å². The molecule has 0 saturated heterocycles. The smallest absolute Gasteiger partial charge is 0.0593 e. The quantitative estimate of drug-likeness (QED) is 0.401. The van der Waals surface area contributed by atoms with E-state index in [4.69, 9.17) is 4.74 Å². The number of hydrogen-bond acceptors (Lipinski definition) is 2. The van der Waals surface area contributed by atoms with Crippen LogP contribution in [-0.2, 0) is 4.74 Å². The average molecular weight is 183 g/mol. The average Bonchev–Trinajstić information content (AvgIpc) is 2.13. The Morgan fingerprint density at radius 3 is 2.23 bits per heavy atom. The summed E-state index contributed by atoms with van der Waals surface area (Å²) in [5, 5.41) is 0. The molecule has 0 amide bonds. The van der Waals surface area contributed by atoms with Gasteiger partial charge in [0.25, 0.3) is 0 Å². The van der Waals surface area contributed by atoms with Crippen LogP contribution in [-0.4, -0.2) is 37.7 Å². The summed E-state index contributed by atoms with van der Waals surface area (Å²) in [5.41, 5.74) is 0. The molecule has 0 aromatic carbocycles. The van der Waals surface area contributed by atoms with E-state index in [2.05, 4.69) is 25.0 Å². The van der Waals surface area contributed by atoms with Gasteiger partial charge in [0, 0.05) is 26.2 Å². The van der Waals surface area contributed by atoms with Crippen molar-refractivity contribution in [2.24, 2.45) is 0 Å². The van der Waals surface area contributed by atoms with Crippen LogP contribution >= 0.6 is 0 Å². The van der Waals surface area contributed by atoms with E-state index in [0.29, 0.717) is 0 Å². The molecule has 0 heterocycles. The molecule has 13 heavy (non-hydrogen) atoms. The van der Waals surface area contributed by atoms with Gasteiger partial charge in [0.15, 0.2) is 0 Å². The molecule has 2 heteroatoms. The Kier molecular flexibility index (Phi) is 9.05. The highest BCUT2D eigenvalue weighted by Crippen LogP contribution is 1.90. The summed E-state index contributed by atoms with van der Waals surface area (Å²) in [6.45, 7) is 14.0. The summed E-state index contributed by atoms with van der Waals surface area (Å²) < 4.78 is 5.40. The molecule has 0 aliphatic heterocycles. The Hall–Kier alpha value is -0.600. The molecule has 76 valence electrons. The van der Waals surface area contributed by atoms with Crippen LogP contribution in [0.25, 0.3) is 0 Å². The maximum atomic E-state index is 5.40. The molecule has 0 bridgehead atoms. The summed E-state index contributed by atoms with van der Waals surface area (Å²) in [6.07, 6.45) is 4.90. The van der Waals surface area contributed by atoms with E-state index >= 15 is 0 Å². The molecule has 0 fully saturated rings. The van der Waals surface area contributed by atoms with Crippen molar-refractivity contribution in [1.29, 1.82) is 0 Å². The van der Waals surface area contributed by atoms with Gasteiger partial charge in [0.1, 0.15) is 0 Å². The van der Waals surface area contributed by atoms with E-state index in [9.17, 15) is 0 Å². The molecule has 0 aliphatic rings. The van der Waals surface area contributed by atoms with Crippen LogP contribution in [0.2, 0.25) is 0 Å². The topological polar surface area (TPSA) is 12.5 Å². The van der Waals surface area contributed by atoms with Gasteiger partial charge in [-0.1, -0.05) is 19.1 Å². The lowest BCUT2D eigenvalue weighted by atomic mass is 10.4. The lowest BCUT2D eigenvalue weighted by Crippen LogP contribution is -2.28. The molecule has 0 saturated carbocycles. The fourth-order valence-electron chi connectivity index (χ4n) is 1.06. The molecule has 0 aromatic heterocycles. The SMILES string of the molecule is C=CCN(CC=C)CCOCCC. The molecule has 0 aliphatic carbocycles. The number of ether oxygens (including phenoxy) is 1. The van der Waals surface area contributed by atoms with Gasteiger partial charge in [-0.3, -0.25) is 4.90 Å². The van der Waals surface area contributed by atoms with E-state index in [1.807, 2.05) is 12.2 Å². The maximum Gasteiger partial charge on any atom is 0.0593 e. The van der Waals surface area contributed by atoms with Gasteiger partial charge in [0.2, 0.25) is 0 Å². The lowest BCUT2D eigenvalue weighted by molar-refractivity contribution is 0.111. The van der Waals surface area contributed by atoms with Gasteiger partial charge < -0.3 is 4.74 Å². The molecule has 2 nitrogen and oxygen atoms in total. The highest BCUT2D eigenvalue weighted by molar-refractivity contribution is 4.79. The highest BCUT2D eigenvalue weighted by atomic mass is 16.5. The van der Waals surface area contributed by atoms with Crippen molar-refractivity contribution < 1.29 is 4.74 Å². The molecular weight excluding hydrogens is 162 g/mol. The number of hydrogen-bond donors (Lipinski definition) is 0. The minimum atomic E-state index is 0.801. The van der Waals surface area contributed by atoms with Gasteiger partial charge in [0.05, 0.1) is 6.61 Å². The summed E-state index contributed by atoms with van der Waals surface area (Å²) in [4.78, 5) is 2.25. The van der Waals surface area contributed by atoms with Crippen molar-refractivity contribution in [2.45, 2.75) is 13.3 Å². The van der Waals surface area contributed by atoms with Gasteiger partial charge in [-0.05, 0) is 6.42 Å². The fraction of sp³-hybridized carbons (Fsp3) is 0.636. The zero-order valence-electron chi connectivity index (χ0n) is 8.67. The molecule has 0 spiro atoms. The fourth-order valence-corrected chi connectivity index (χ4v) is 1.06. The molecule has 0 unspecified atom stereocenters. The van der Waals surface area contributed by atoms with Gasteiger partial charge in [-0.2, -0.15) is 0 Å². The van der Waals surface area contributed by atoms with E-state index in [1.54, 1.807) is 0 Å². The van der Waals surface area contributed by atoms with Crippen LogP contribution < -0.4 is 0 Å². The van der Waals surface area contributed by atoms with Crippen molar-refractivity contribution in [3.8, 4) is 0 Å². The Balaban J connectivity index is 3.43. The van der Waals surface area contributed by atoms with Crippen LogP contribution in [0.1, 0.15) is 13.3 Å². The summed E-state index contributed by atoms with van der Waals surface area (Å²) >= 11 is 0. The van der Waals surface area contributed by atoms with Crippen LogP contribution in [0.4, 0.5) is 0 Å². The first-order chi connectivity index (χ1) is 6.35. The van der Waals surface area contributed by atoms with E-state index < -0.39 is 0 Å². The second-order valence-electron chi connectivity index (χ2n) is 2.95. The molecule has 0 N–H and O–H groups in total. The Labute approximate surface area is 81.9 Å². The van der Waals surface area contributed by atoms with Crippen LogP contribution in [0.15, 0.2) is 25.3 Å². The van der Waals surface area contributed by atoms with Crippen molar-refractivity contribution in [3.05, 3.63) is 25.3 Å². The van der Waals surface area contributed by atoms with E-state index in [0.717, 1.165) is 39.3 Å². The van der Waals surface area contributed by atoms with Crippen LogP contribution in [0.3, 0.4) is 0 Å². The minimum absolute atomic E-state index is 0.801. The zero-order chi connectivity index (χ0) is 9.94. The second kappa shape index (κ2) is 9.49. The first-order valence-electron chi connectivity index (χ1n) is 4.87. The number of nitrogens with zero attached hydrogens (tertiary/aromatic N) is 1. The Bertz CT molecular complexity index is 124. The third-order valence-corrected chi connectivity index (χ3v) is 1.67. The van der Waals surface area contributed by atoms with Crippen molar-refractivity contribution in [2.75, 3.05) is 32.8 Å². The first kappa shape index (κ1) is 12.4. The number of rotatable bonds is 9. The van der Waals surface area contributed by atoms with E-state index in [-0.39, 0.29) is 0 Å². The van der Waals surface area contributed by atoms with Crippen molar-refractivity contribution >= 4 is 0 Å². The molecule has 0 atom stereocenters. The monoisotopic (exact) mass is 183 g/mol. The standard InChI is InChI=1S/C11H21NO/c1-4-7-12(8-5-2)9-11-13-10-6-3/h4-5H,1-2,6-11H2,3H3. The third-order valence-electron chi connectivity index (χ3n) is 1.67. The summed E-state index contributed by atoms with van der Waals surface area (Å²) in [7, 11) is 0. The molecular formula is C11H21NO. The normalized spacial score (nSPS) is 10.3. The predicted molar refractivity (Wildman–Crippen MR) is 57.9 cm³/mol. The second-order valence-corrected chi connectivity index (χ2v) is 2.95. The van der Waals surface area contributed by atoms with E-state index in [1.165, 1.54) is 0 Å². The third kappa shape index (κ3) is 7.75. The molecule has 0 aromatic rings. The Morgan fingerprint density at radius 2 is 1.77 bits per heavy atom. The molecule has 0 rings (SSSR count). The van der Waals surface area contributed by atoms with Gasteiger partial charge in [-0.15, -0.1) is 13.2 Å². The summed E-state index contributed by atoms with van der Waals surface area (Å²) in [6, 6.07) is 0. The maximum absolute atomic E-state index is 5.40. The lowest BCUT2D eigenvalue weighted by Gasteiger charge is -2.18. The molecule has 0 radical (unpaired) electrons. The predicted octanol–water partition coefficient (Wildman–Crippen LogP) is 2.09. The first-order valence-corrected chi connectivity index (χ1v) is 4.87. The minimum Gasteiger partial charge on any atom is -0.380 e. The van der Waals surface area contributed by atoms with Crippen molar-refractivity contribution in [3.63, 3.8) is 0 Å². The largest absolute Gasteiger partial charge is 0.380 e. The Morgan fingerprint density at radius 1 is 1.15 bits per heavy atom. The van der Waals surface area contributed by atoms with Crippen LogP contribution in [0, 0.1) is 0 Å². The van der Waals surface area contributed by atoms with Gasteiger partial charge in [-0.25, -0.2) is 0 Å². The summed E-state index contributed by atoms with van der Waals surface area (Å²) in [5.74, 6) is 0. The zero-order valence-corrected chi connectivity index (χ0v) is 8.67. The van der Waals surface area contributed by atoms with Gasteiger partial charge >= 0.3 is 0 Å². The highest BCUT2D eigenvalue weighted by Gasteiger charge is 1.98. The van der Waals surface area contributed by atoms with Crippen molar-refractivity contribution in [1.82, 2.24) is 4.90 Å².